The van der Waals surface area contributed by atoms with Crippen LogP contribution < -0.4 is 21.7 Å². The maximum absolute atomic E-state index is 13.6. The van der Waals surface area contributed by atoms with E-state index >= 15 is 0 Å². The lowest BCUT2D eigenvalue weighted by molar-refractivity contribution is -0.116. The van der Waals surface area contributed by atoms with E-state index in [2.05, 4.69) is 21.6 Å². The van der Waals surface area contributed by atoms with Crippen molar-refractivity contribution in [1.29, 1.82) is 5.26 Å². The van der Waals surface area contributed by atoms with Gasteiger partial charge in [0.25, 0.3) is 5.91 Å². The van der Waals surface area contributed by atoms with Gasteiger partial charge in [0.2, 0.25) is 11.0 Å². The molecular weight excluding hydrogens is 553 g/mol. The van der Waals surface area contributed by atoms with E-state index in [4.69, 9.17) is 11.5 Å². The first kappa shape index (κ1) is 27.0. The molecule has 5 rings (SSSR count). The van der Waals surface area contributed by atoms with Crippen LogP contribution in [0.15, 0.2) is 75.5 Å². The molecule has 13 heteroatoms. The Morgan fingerprint density at radius 1 is 1.18 bits per heavy atom. The number of allylic oxidation sites excluding steroid dienone is 3. The van der Waals surface area contributed by atoms with Gasteiger partial charge in [0.05, 0.1) is 34.6 Å². The van der Waals surface area contributed by atoms with Gasteiger partial charge in [0.1, 0.15) is 11.6 Å². The first-order valence-electron chi connectivity index (χ1n) is 12.1. The molecule has 0 spiro atoms. The van der Waals surface area contributed by atoms with Crippen LogP contribution in [0.25, 0.3) is 0 Å². The number of hydrogen-bond donors (Lipinski definition) is 3. The zero-order valence-electron chi connectivity index (χ0n) is 20.9. The standard InChI is InChI=1S/C27H22FN7O3S2/c28-15-10-8-14(9-11-15)22-17(12-29)24(30)35(19-6-3-7-20(36)23(19)22)26-33-34-27(40-26)39-13-21(37)32-18-5-2-1-4-16(18)25(31)38/h1-2,4-5,8-11,22H,3,6-7,13,30H2,(H2,31,38)(H,32,37). The molecule has 5 N–H and O–H groups in total. The number of hydrogen-bond acceptors (Lipinski definition) is 10. The SMILES string of the molecule is N#CC1=C(N)N(c2nnc(SCC(=O)Nc3ccccc3C(N)=O)s2)C2=C(C(=O)CCC2)C1c1ccc(F)cc1. The van der Waals surface area contributed by atoms with Crippen LogP contribution in [0, 0.1) is 17.1 Å². The quantitative estimate of drug-likeness (QED) is 0.355. The van der Waals surface area contributed by atoms with Crippen molar-refractivity contribution in [2.24, 2.45) is 11.5 Å². The Morgan fingerprint density at radius 3 is 2.65 bits per heavy atom. The number of halogens is 1. The molecule has 0 fully saturated rings. The Kier molecular flexibility index (Phi) is 7.63. The van der Waals surface area contributed by atoms with Crippen LogP contribution in [0.3, 0.4) is 0 Å². The summed E-state index contributed by atoms with van der Waals surface area (Å²) < 4.78 is 14.1. The largest absolute Gasteiger partial charge is 0.384 e. The Morgan fingerprint density at radius 2 is 1.93 bits per heavy atom. The van der Waals surface area contributed by atoms with Gasteiger partial charge in [-0.25, -0.2) is 4.39 Å². The number of primary amides is 1. The monoisotopic (exact) mass is 575 g/mol. The first-order chi connectivity index (χ1) is 19.3. The number of thioether (sulfide) groups is 1. The number of rotatable bonds is 7. The summed E-state index contributed by atoms with van der Waals surface area (Å²) in [7, 11) is 0. The van der Waals surface area contributed by atoms with Crippen molar-refractivity contribution in [2.45, 2.75) is 29.5 Å². The number of nitrogens with zero attached hydrogens (tertiary/aromatic N) is 4. The fourth-order valence-corrected chi connectivity index (χ4v) is 6.45. The second-order valence-corrected chi connectivity index (χ2v) is 11.1. The molecule has 1 unspecified atom stereocenters. The van der Waals surface area contributed by atoms with Gasteiger partial charge in [-0.2, -0.15) is 5.26 Å². The number of carbonyl (C=O) groups excluding carboxylic acids is 3. The number of benzene rings is 2. The van der Waals surface area contributed by atoms with Gasteiger partial charge < -0.3 is 16.8 Å². The lowest BCUT2D eigenvalue weighted by atomic mass is 9.76. The molecule has 1 aliphatic heterocycles. The summed E-state index contributed by atoms with van der Waals surface area (Å²) in [6.45, 7) is 0. The zero-order chi connectivity index (χ0) is 28.4. The lowest BCUT2D eigenvalue weighted by Crippen LogP contribution is -2.38. The summed E-state index contributed by atoms with van der Waals surface area (Å²) in [4.78, 5) is 38.9. The minimum Gasteiger partial charge on any atom is -0.384 e. The van der Waals surface area contributed by atoms with Gasteiger partial charge in [-0.15, -0.1) is 10.2 Å². The summed E-state index contributed by atoms with van der Waals surface area (Å²) >= 11 is 2.29. The number of anilines is 2. The van der Waals surface area contributed by atoms with E-state index in [1.807, 2.05) is 0 Å². The molecule has 3 aromatic rings. The molecule has 1 aromatic heterocycles. The van der Waals surface area contributed by atoms with Crippen molar-refractivity contribution >= 4 is 51.5 Å². The molecule has 40 heavy (non-hydrogen) atoms. The second-order valence-electron chi connectivity index (χ2n) is 8.97. The molecule has 202 valence electrons. The predicted molar refractivity (Wildman–Crippen MR) is 149 cm³/mol. The third-order valence-corrected chi connectivity index (χ3v) is 8.54. The third-order valence-electron chi connectivity index (χ3n) is 6.50. The van der Waals surface area contributed by atoms with Crippen molar-refractivity contribution in [3.05, 3.63) is 88.1 Å². The maximum atomic E-state index is 13.6. The average Bonchev–Trinajstić information content (AvgIpc) is 3.40. The molecule has 2 aromatic carbocycles. The predicted octanol–water partition coefficient (Wildman–Crippen LogP) is 3.81. The molecule has 2 heterocycles. The summed E-state index contributed by atoms with van der Waals surface area (Å²) in [6, 6.07) is 14.3. The van der Waals surface area contributed by atoms with E-state index in [1.165, 1.54) is 18.2 Å². The van der Waals surface area contributed by atoms with E-state index in [9.17, 15) is 24.0 Å². The molecule has 10 nitrogen and oxygen atoms in total. The fraction of sp³-hybridized carbons (Fsp3) is 0.185. The number of ketones is 1. The van der Waals surface area contributed by atoms with Crippen LogP contribution in [0.4, 0.5) is 15.2 Å². The number of nitrogens with two attached hydrogens (primary N) is 2. The first-order valence-corrected chi connectivity index (χ1v) is 13.9. The van der Waals surface area contributed by atoms with Gasteiger partial charge in [-0.05, 0) is 42.7 Å². The molecule has 2 aliphatic rings. The number of Topliss-reactive ketones (excluding diaryl/α,β-unsaturated/α-hetero) is 1. The van der Waals surface area contributed by atoms with Crippen LogP contribution in [0.1, 0.15) is 41.1 Å². The number of nitrogens with one attached hydrogen (secondary N) is 1. The van der Waals surface area contributed by atoms with Crippen LogP contribution in [-0.4, -0.2) is 33.5 Å². The van der Waals surface area contributed by atoms with E-state index in [1.54, 1.807) is 35.2 Å². The Hall–Kier alpha value is -4.54. The minimum atomic E-state index is -0.710. The molecule has 0 saturated heterocycles. The summed E-state index contributed by atoms with van der Waals surface area (Å²) in [5.41, 5.74) is 14.2. The normalized spacial score (nSPS) is 16.9. The van der Waals surface area contributed by atoms with E-state index < -0.39 is 17.6 Å². The summed E-state index contributed by atoms with van der Waals surface area (Å²) in [5, 5.41) is 21.5. The molecule has 1 aliphatic carbocycles. The number of aromatic nitrogens is 2. The lowest BCUT2D eigenvalue weighted by Gasteiger charge is -2.38. The number of carbonyl (C=O) groups is 3. The Bertz CT molecular complexity index is 1630. The number of amides is 2. The van der Waals surface area contributed by atoms with Crippen LogP contribution in [0.5, 0.6) is 0 Å². The highest BCUT2D eigenvalue weighted by Crippen LogP contribution is 2.47. The molecule has 0 radical (unpaired) electrons. The van der Waals surface area contributed by atoms with Crippen molar-refractivity contribution in [3.63, 3.8) is 0 Å². The van der Waals surface area contributed by atoms with Crippen molar-refractivity contribution in [3.8, 4) is 6.07 Å². The van der Waals surface area contributed by atoms with E-state index in [0.717, 1.165) is 23.1 Å². The van der Waals surface area contributed by atoms with Crippen molar-refractivity contribution < 1.29 is 18.8 Å². The second kappa shape index (κ2) is 11.3. The average molecular weight is 576 g/mol. The highest BCUT2D eigenvalue weighted by molar-refractivity contribution is 8.01. The molecule has 0 saturated carbocycles. The van der Waals surface area contributed by atoms with E-state index in [-0.39, 0.29) is 34.4 Å². The summed E-state index contributed by atoms with van der Waals surface area (Å²) in [5.74, 6) is -2.16. The fourth-order valence-electron chi connectivity index (χ4n) is 4.77. The Labute approximate surface area is 236 Å². The van der Waals surface area contributed by atoms with Gasteiger partial charge >= 0.3 is 0 Å². The van der Waals surface area contributed by atoms with Crippen molar-refractivity contribution in [2.75, 3.05) is 16.0 Å². The van der Waals surface area contributed by atoms with Crippen LogP contribution >= 0.6 is 23.1 Å². The minimum absolute atomic E-state index is 0.0183. The summed E-state index contributed by atoms with van der Waals surface area (Å²) in [6.07, 6.45) is 1.46. The topological polar surface area (TPSA) is 168 Å². The number of nitriles is 1. The van der Waals surface area contributed by atoms with Crippen LogP contribution in [0.2, 0.25) is 0 Å². The zero-order valence-corrected chi connectivity index (χ0v) is 22.5. The van der Waals surface area contributed by atoms with Gasteiger partial charge in [-0.1, -0.05) is 47.4 Å². The van der Waals surface area contributed by atoms with Crippen LogP contribution in [-0.2, 0) is 9.59 Å². The highest BCUT2D eigenvalue weighted by atomic mass is 32.2. The highest BCUT2D eigenvalue weighted by Gasteiger charge is 2.41. The van der Waals surface area contributed by atoms with E-state index in [0.29, 0.717) is 51.3 Å². The molecule has 0 bridgehead atoms. The van der Waals surface area contributed by atoms with Crippen molar-refractivity contribution in [1.82, 2.24) is 10.2 Å². The molecule has 1 atom stereocenters. The Balaban J connectivity index is 1.40. The maximum Gasteiger partial charge on any atom is 0.250 e. The smallest absolute Gasteiger partial charge is 0.250 e. The van der Waals surface area contributed by atoms with Gasteiger partial charge in [0.15, 0.2) is 10.1 Å². The molecule has 2 amide bonds. The number of para-hydroxylation sites is 1. The molecular formula is C27H22FN7O3S2. The third kappa shape index (κ3) is 5.18. The van der Waals surface area contributed by atoms with Gasteiger partial charge in [-0.3, -0.25) is 19.3 Å². The van der Waals surface area contributed by atoms with Gasteiger partial charge in [0, 0.05) is 17.7 Å².